The zero-order chi connectivity index (χ0) is 23.5. The molecule has 32 heavy (non-hydrogen) atoms. The molecule has 0 saturated carbocycles. The summed E-state index contributed by atoms with van der Waals surface area (Å²) in [6, 6.07) is 13.9. The summed E-state index contributed by atoms with van der Waals surface area (Å²) >= 11 is 12.2. The summed E-state index contributed by atoms with van der Waals surface area (Å²) in [6.45, 7) is 1.84. The highest BCUT2D eigenvalue weighted by atomic mass is 35.5. The first-order valence-electron chi connectivity index (χ1n) is 9.26. The molecule has 3 rings (SSSR count). The minimum atomic E-state index is -4.04. The van der Waals surface area contributed by atoms with E-state index in [1.807, 2.05) is 13.0 Å². The zero-order valence-electron chi connectivity index (χ0n) is 17.4. The predicted molar refractivity (Wildman–Crippen MR) is 126 cm³/mol. The van der Waals surface area contributed by atoms with Crippen LogP contribution >= 0.6 is 23.2 Å². The molecule has 0 heterocycles. The molecule has 0 saturated heterocycles. The molecule has 10 heteroatoms. The maximum absolute atomic E-state index is 12.9. The van der Waals surface area contributed by atoms with Gasteiger partial charge >= 0.3 is 0 Å². The third kappa shape index (κ3) is 5.27. The van der Waals surface area contributed by atoms with Crippen molar-refractivity contribution in [3.63, 3.8) is 0 Å². The number of carbonyl (C=O) groups excluding carboxylic acids is 1. The normalized spacial score (nSPS) is 11.0. The lowest BCUT2D eigenvalue weighted by Gasteiger charge is -2.14. The molecule has 2 N–H and O–H groups in total. The molecule has 0 fully saturated rings. The van der Waals surface area contributed by atoms with Gasteiger partial charge in [-0.1, -0.05) is 35.3 Å². The maximum Gasteiger partial charge on any atom is 0.263 e. The van der Waals surface area contributed by atoms with Gasteiger partial charge in [0, 0.05) is 23.4 Å². The molecule has 0 unspecified atom stereocenters. The molecule has 0 spiro atoms. The van der Waals surface area contributed by atoms with E-state index in [0.717, 1.165) is 5.56 Å². The van der Waals surface area contributed by atoms with Gasteiger partial charge in [-0.2, -0.15) is 0 Å². The van der Waals surface area contributed by atoms with Crippen LogP contribution < -0.4 is 19.5 Å². The van der Waals surface area contributed by atoms with Gasteiger partial charge in [-0.15, -0.1) is 0 Å². The smallest absolute Gasteiger partial charge is 0.263 e. The van der Waals surface area contributed by atoms with Crippen LogP contribution in [0.4, 0.5) is 11.4 Å². The first kappa shape index (κ1) is 23.7. The lowest BCUT2D eigenvalue weighted by atomic mass is 10.2. The van der Waals surface area contributed by atoms with Crippen LogP contribution in [0.15, 0.2) is 59.5 Å². The van der Waals surface area contributed by atoms with Crippen molar-refractivity contribution in [3.05, 3.63) is 75.8 Å². The molecule has 0 aliphatic carbocycles. The number of anilines is 2. The van der Waals surface area contributed by atoms with Gasteiger partial charge < -0.3 is 14.8 Å². The Bertz CT molecular complexity index is 1280. The van der Waals surface area contributed by atoms with E-state index in [2.05, 4.69) is 10.0 Å². The summed E-state index contributed by atoms with van der Waals surface area (Å²) in [5.41, 5.74) is 1.65. The van der Waals surface area contributed by atoms with Gasteiger partial charge in [0.25, 0.3) is 15.9 Å². The number of ether oxygens (including phenoxy) is 2. The highest BCUT2D eigenvalue weighted by Crippen LogP contribution is 2.36. The first-order valence-corrected chi connectivity index (χ1v) is 11.5. The molecule has 0 aliphatic rings. The minimum Gasteiger partial charge on any atom is -0.495 e. The topological polar surface area (TPSA) is 93.7 Å². The van der Waals surface area contributed by atoms with E-state index in [9.17, 15) is 13.2 Å². The van der Waals surface area contributed by atoms with Crippen LogP contribution in [0, 0.1) is 6.92 Å². The van der Waals surface area contributed by atoms with E-state index in [1.165, 1.54) is 44.6 Å². The number of benzene rings is 3. The van der Waals surface area contributed by atoms with Gasteiger partial charge in [0.2, 0.25) is 0 Å². The van der Waals surface area contributed by atoms with Crippen molar-refractivity contribution in [1.82, 2.24) is 0 Å². The molecule has 7 nitrogen and oxygen atoms in total. The van der Waals surface area contributed by atoms with Crippen molar-refractivity contribution < 1.29 is 22.7 Å². The van der Waals surface area contributed by atoms with E-state index in [0.29, 0.717) is 27.9 Å². The van der Waals surface area contributed by atoms with Crippen LogP contribution in [0.2, 0.25) is 10.0 Å². The molecule has 0 aliphatic heterocycles. The Morgan fingerprint density at radius 2 is 1.62 bits per heavy atom. The monoisotopic (exact) mass is 494 g/mol. The molecule has 168 valence electrons. The fourth-order valence-electron chi connectivity index (χ4n) is 2.92. The SMILES string of the molecule is COc1cc(NC(=O)c2ccc(Cl)c(S(=O)(=O)Nc3cccc(C)c3)c2)c(OC)cc1Cl. The van der Waals surface area contributed by atoms with Crippen molar-refractivity contribution in [2.24, 2.45) is 0 Å². The molecule has 0 bridgehead atoms. The maximum atomic E-state index is 12.9. The summed E-state index contributed by atoms with van der Waals surface area (Å²) < 4.78 is 38.7. The molecule has 1 amide bonds. The summed E-state index contributed by atoms with van der Waals surface area (Å²) in [5.74, 6) is 0.0768. The van der Waals surface area contributed by atoms with Gasteiger partial charge in [0.15, 0.2) is 0 Å². The number of methoxy groups -OCH3 is 2. The van der Waals surface area contributed by atoms with E-state index in [1.54, 1.807) is 18.2 Å². The van der Waals surface area contributed by atoms with Crippen molar-refractivity contribution in [2.75, 3.05) is 24.3 Å². The van der Waals surface area contributed by atoms with Crippen LogP contribution in [0.5, 0.6) is 11.5 Å². The van der Waals surface area contributed by atoms with Gasteiger partial charge in [-0.3, -0.25) is 9.52 Å². The van der Waals surface area contributed by atoms with Crippen LogP contribution in [0.1, 0.15) is 15.9 Å². The molecule has 0 radical (unpaired) electrons. The predicted octanol–water partition coefficient (Wildman–Crippen LogP) is 5.37. The molecule has 3 aromatic carbocycles. The number of aryl methyl sites for hydroxylation is 1. The number of hydrogen-bond acceptors (Lipinski definition) is 5. The lowest BCUT2D eigenvalue weighted by Crippen LogP contribution is -2.17. The lowest BCUT2D eigenvalue weighted by molar-refractivity contribution is 0.102. The standard InChI is InChI=1S/C22H20Cl2N2O5S/c1-13-5-4-6-15(9-13)26-32(28,29)21-10-14(7-8-16(21)23)22(27)25-18-12-19(30-2)17(24)11-20(18)31-3/h4-12,26H,1-3H3,(H,25,27). The van der Waals surface area contributed by atoms with Gasteiger partial charge in [-0.25, -0.2) is 8.42 Å². The largest absolute Gasteiger partial charge is 0.495 e. The third-order valence-corrected chi connectivity index (χ3v) is 6.63. The summed E-state index contributed by atoms with van der Waals surface area (Å²) in [6.07, 6.45) is 0. The van der Waals surface area contributed by atoms with Crippen LogP contribution in [0.25, 0.3) is 0 Å². The second-order valence-electron chi connectivity index (χ2n) is 6.76. The van der Waals surface area contributed by atoms with E-state index < -0.39 is 15.9 Å². The third-order valence-electron chi connectivity index (χ3n) is 4.48. The van der Waals surface area contributed by atoms with Gasteiger partial charge in [-0.05, 0) is 42.8 Å². The van der Waals surface area contributed by atoms with Crippen molar-refractivity contribution >= 4 is 50.5 Å². The van der Waals surface area contributed by atoms with E-state index in [-0.39, 0.29) is 15.5 Å². The fraction of sp³-hybridized carbons (Fsp3) is 0.136. The average Bonchev–Trinajstić information content (AvgIpc) is 2.74. The molecule has 0 aromatic heterocycles. The van der Waals surface area contributed by atoms with E-state index in [4.69, 9.17) is 32.7 Å². The molecular weight excluding hydrogens is 475 g/mol. The number of halogens is 2. The average molecular weight is 495 g/mol. The van der Waals surface area contributed by atoms with Crippen LogP contribution in [-0.4, -0.2) is 28.5 Å². The Kier molecular flexibility index (Phi) is 7.18. The molecular formula is C22H20Cl2N2O5S. The quantitative estimate of drug-likeness (QED) is 0.460. The number of nitrogens with one attached hydrogen (secondary N) is 2. The Balaban J connectivity index is 1.92. The Hall–Kier alpha value is -2.94. The molecule has 0 atom stereocenters. The Morgan fingerprint density at radius 3 is 2.28 bits per heavy atom. The number of carbonyl (C=O) groups is 1. The van der Waals surface area contributed by atoms with Crippen molar-refractivity contribution in [1.29, 1.82) is 0 Å². The highest BCUT2D eigenvalue weighted by Gasteiger charge is 2.21. The van der Waals surface area contributed by atoms with Crippen molar-refractivity contribution in [2.45, 2.75) is 11.8 Å². The fourth-order valence-corrected chi connectivity index (χ4v) is 4.73. The number of rotatable bonds is 7. The van der Waals surface area contributed by atoms with Crippen molar-refractivity contribution in [3.8, 4) is 11.5 Å². The summed E-state index contributed by atoms with van der Waals surface area (Å²) in [5, 5.41) is 2.96. The minimum absolute atomic E-state index is 0.0209. The zero-order valence-corrected chi connectivity index (χ0v) is 19.7. The van der Waals surface area contributed by atoms with Gasteiger partial charge in [0.1, 0.15) is 16.4 Å². The van der Waals surface area contributed by atoms with E-state index >= 15 is 0 Å². The Morgan fingerprint density at radius 1 is 0.906 bits per heavy atom. The first-order chi connectivity index (χ1) is 15.1. The van der Waals surface area contributed by atoms with Gasteiger partial charge in [0.05, 0.1) is 30.0 Å². The van der Waals surface area contributed by atoms with Crippen LogP contribution in [-0.2, 0) is 10.0 Å². The van der Waals surface area contributed by atoms with Crippen LogP contribution in [0.3, 0.4) is 0 Å². The Labute approximate surface area is 196 Å². The second-order valence-corrected chi connectivity index (χ2v) is 9.23. The number of hydrogen-bond donors (Lipinski definition) is 2. The number of sulfonamides is 1. The number of amides is 1. The second kappa shape index (κ2) is 9.68. The summed E-state index contributed by atoms with van der Waals surface area (Å²) in [7, 11) is -1.17. The summed E-state index contributed by atoms with van der Waals surface area (Å²) in [4.78, 5) is 12.6. The highest BCUT2D eigenvalue weighted by molar-refractivity contribution is 7.92. The molecule has 3 aromatic rings.